The van der Waals surface area contributed by atoms with Gasteiger partial charge in [-0.25, -0.2) is 15.0 Å². The van der Waals surface area contributed by atoms with E-state index in [9.17, 15) is 0 Å². The highest BCUT2D eigenvalue weighted by Gasteiger charge is 2.20. The zero-order valence-electron chi connectivity index (χ0n) is 16.2. The third-order valence-corrected chi connectivity index (χ3v) is 4.87. The summed E-state index contributed by atoms with van der Waals surface area (Å²) in [6, 6.07) is 0. The van der Waals surface area contributed by atoms with E-state index in [1.807, 2.05) is 12.4 Å². The fourth-order valence-electron chi connectivity index (χ4n) is 3.44. The van der Waals surface area contributed by atoms with Crippen LogP contribution in [0.3, 0.4) is 0 Å². The molecule has 3 aromatic heterocycles. The molecular formula is C20H25N5O3. The Hall–Kier alpha value is -2.58. The van der Waals surface area contributed by atoms with Gasteiger partial charge in [0.25, 0.3) is 0 Å². The molecule has 8 heteroatoms. The van der Waals surface area contributed by atoms with E-state index in [4.69, 9.17) is 19.2 Å². The van der Waals surface area contributed by atoms with Gasteiger partial charge in [0.05, 0.1) is 30.3 Å². The van der Waals surface area contributed by atoms with Crippen molar-refractivity contribution in [1.29, 1.82) is 0 Å². The van der Waals surface area contributed by atoms with Crippen LogP contribution in [0.2, 0.25) is 0 Å². The Kier molecular flexibility index (Phi) is 5.78. The normalized spacial score (nSPS) is 16.4. The molecule has 3 aromatic rings. The summed E-state index contributed by atoms with van der Waals surface area (Å²) < 4.78 is 16.8. The molecule has 0 aromatic carbocycles. The summed E-state index contributed by atoms with van der Waals surface area (Å²) in [7, 11) is 1.71. The van der Waals surface area contributed by atoms with Crippen molar-refractivity contribution in [1.82, 2.24) is 25.1 Å². The van der Waals surface area contributed by atoms with Crippen LogP contribution in [0.5, 0.6) is 5.88 Å². The molecule has 8 nitrogen and oxygen atoms in total. The number of ether oxygens (including phenoxy) is 3. The van der Waals surface area contributed by atoms with E-state index in [2.05, 4.69) is 27.1 Å². The maximum atomic E-state index is 6.19. The molecule has 0 spiro atoms. The van der Waals surface area contributed by atoms with Crippen LogP contribution in [0.15, 0.2) is 24.8 Å². The topological polar surface area (TPSA) is 95.0 Å². The number of H-pyrrole nitrogens is 1. The van der Waals surface area contributed by atoms with Crippen LogP contribution in [0, 0.1) is 5.92 Å². The third-order valence-electron chi connectivity index (χ3n) is 4.87. The van der Waals surface area contributed by atoms with Crippen LogP contribution in [0.4, 0.5) is 0 Å². The quantitative estimate of drug-likeness (QED) is 0.670. The van der Waals surface area contributed by atoms with Crippen molar-refractivity contribution in [2.45, 2.75) is 32.3 Å². The first-order chi connectivity index (χ1) is 13.7. The highest BCUT2D eigenvalue weighted by atomic mass is 16.5. The Bertz CT molecular complexity index is 910. The Morgan fingerprint density at radius 2 is 2.07 bits per heavy atom. The number of hydrogen-bond acceptors (Lipinski definition) is 7. The first-order valence-electron chi connectivity index (χ1n) is 9.61. The van der Waals surface area contributed by atoms with E-state index in [0.717, 1.165) is 47.1 Å². The first kappa shape index (κ1) is 18.8. The fourth-order valence-corrected chi connectivity index (χ4v) is 3.44. The molecule has 0 aliphatic carbocycles. The van der Waals surface area contributed by atoms with Crippen LogP contribution < -0.4 is 4.74 Å². The Labute approximate surface area is 163 Å². The van der Waals surface area contributed by atoms with E-state index in [1.165, 1.54) is 0 Å². The predicted molar refractivity (Wildman–Crippen MR) is 104 cm³/mol. The lowest BCUT2D eigenvalue weighted by Crippen LogP contribution is -2.26. The molecule has 4 rings (SSSR count). The van der Waals surface area contributed by atoms with Gasteiger partial charge < -0.3 is 14.2 Å². The van der Waals surface area contributed by atoms with Crippen LogP contribution >= 0.6 is 0 Å². The lowest BCUT2D eigenvalue weighted by Gasteiger charge is -2.23. The van der Waals surface area contributed by atoms with E-state index in [0.29, 0.717) is 31.6 Å². The SMILES string of the molecule is COC[C@H](C)Cc1ncc2c(OC3CCOCC3)ncc(-c3cn[nH]c3)c2n1. The maximum absolute atomic E-state index is 6.19. The zero-order valence-corrected chi connectivity index (χ0v) is 16.2. The van der Waals surface area contributed by atoms with Gasteiger partial charge >= 0.3 is 0 Å². The fraction of sp³-hybridized carbons (Fsp3) is 0.500. The van der Waals surface area contributed by atoms with Crippen molar-refractivity contribution in [2.24, 2.45) is 5.92 Å². The number of fused-ring (bicyclic) bond motifs is 1. The standard InChI is InChI=1S/C20H25N5O3/c1-13(12-26-2)7-18-21-11-17-19(25-18)16(14-8-23-24-9-14)10-22-20(17)28-15-3-5-27-6-4-15/h8-11,13,15H,3-7,12H2,1-2H3,(H,23,24)/t13-/m1/s1. The molecular weight excluding hydrogens is 358 g/mol. The van der Waals surface area contributed by atoms with E-state index in [-0.39, 0.29) is 6.10 Å². The van der Waals surface area contributed by atoms with Crippen LogP contribution in [0.1, 0.15) is 25.6 Å². The largest absolute Gasteiger partial charge is 0.474 e. The number of nitrogens with one attached hydrogen (secondary N) is 1. The van der Waals surface area contributed by atoms with Gasteiger partial charge in [-0.2, -0.15) is 5.10 Å². The van der Waals surface area contributed by atoms with Crippen molar-refractivity contribution in [3.8, 4) is 17.0 Å². The minimum Gasteiger partial charge on any atom is -0.474 e. The molecule has 1 atom stereocenters. The summed E-state index contributed by atoms with van der Waals surface area (Å²) in [5.41, 5.74) is 2.67. The Morgan fingerprint density at radius 1 is 1.21 bits per heavy atom. The molecule has 148 valence electrons. The second kappa shape index (κ2) is 8.62. The van der Waals surface area contributed by atoms with Gasteiger partial charge in [-0.1, -0.05) is 6.92 Å². The van der Waals surface area contributed by atoms with Crippen molar-refractivity contribution in [3.05, 3.63) is 30.6 Å². The van der Waals surface area contributed by atoms with E-state index in [1.54, 1.807) is 19.5 Å². The average Bonchev–Trinajstić information content (AvgIpc) is 3.23. The summed E-state index contributed by atoms with van der Waals surface area (Å²) in [6.07, 6.45) is 9.80. The highest BCUT2D eigenvalue weighted by Crippen LogP contribution is 2.32. The zero-order chi connectivity index (χ0) is 19.3. The number of aromatic amines is 1. The molecule has 1 fully saturated rings. The number of aromatic nitrogens is 5. The lowest BCUT2D eigenvalue weighted by molar-refractivity contribution is 0.0244. The summed E-state index contributed by atoms with van der Waals surface area (Å²) in [6.45, 7) is 4.23. The molecule has 0 bridgehead atoms. The number of hydrogen-bond donors (Lipinski definition) is 1. The van der Waals surface area contributed by atoms with Crippen molar-refractivity contribution >= 4 is 10.9 Å². The van der Waals surface area contributed by atoms with Gasteiger partial charge in [0.15, 0.2) is 0 Å². The molecule has 0 saturated carbocycles. The van der Waals surface area contributed by atoms with E-state index < -0.39 is 0 Å². The molecule has 0 unspecified atom stereocenters. The monoisotopic (exact) mass is 383 g/mol. The smallest absolute Gasteiger partial charge is 0.224 e. The van der Waals surface area contributed by atoms with Gasteiger partial charge in [0.2, 0.25) is 5.88 Å². The average molecular weight is 383 g/mol. The summed E-state index contributed by atoms with van der Waals surface area (Å²) in [5, 5.41) is 7.73. The van der Waals surface area contributed by atoms with Crippen LogP contribution in [-0.4, -0.2) is 58.2 Å². The molecule has 1 N–H and O–H groups in total. The number of methoxy groups -OCH3 is 1. The van der Waals surface area contributed by atoms with Gasteiger partial charge in [-0.15, -0.1) is 0 Å². The highest BCUT2D eigenvalue weighted by molar-refractivity contribution is 5.95. The molecule has 1 aliphatic rings. The second-order valence-corrected chi connectivity index (χ2v) is 7.21. The van der Waals surface area contributed by atoms with Crippen molar-refractivity contribution in [3.63, 3.8) is 0 Å². The third kappa shape index (κ3) is 4.13. The van der Waals surface area contributed by atoms with Gasteiger partial charge in [0, 0.05) is 62.7 Å². The van der Waals surface area contributed by atoms with Gasteiger partial charge in [-0.05, 0) is 5.92 Å². The molecule has 4 heterocycles. The lowest BCUT2D eigenvalue weighted by atomic mass is 10.1. The molecule has 28 heavy (non-hydrogen) atoms. The second-order valence-electron chi connectivity index (χ2n) is 7.21. The number of rotatable bonds is 7. The van der Waals surface area contributed by atoms with Crippen molar-refractivity contribution in [2.75, 3.05) is 26.9 Å². The maximum Gasteiger partial charge on any atom is 0.224 e. The van der Waals surface area contributed by atoms with E-state index >= 15 is 0 Å². The number of pyridine rings is 1. The minimum absolute atomic E-state index is 0.102. The minimum atomic E-state index is 0.102. The Morgan fingerprint density at radius 3 is 2.82 bits per heavy atom. The number of nitrogens with zero attached hydrogens (tertiary/aromatic N) is 4. The molecule has 1 saturated heterocycles. The molecule has 0 radical (unpaired) electrons. The Balaban J connectivity index is 1.72. The summed E-state index contributed by atoms with van der Waals surface area (Å²) in [4.78, 5) is 14.0. The van der Waals surface area contributed by atoms with Crippen LogP contribution in [0.25, 0.3) is 22.0 Å². The molecule has 1 aliphatic heterocycles. The first-order valence-corrected chi connectivity index (χ1v) is 9.61. The van der Waals surface area contributed by atoms with Crippen molar-refractivity contribution < 1.29 is 14.2 Å². The predicted octanol–water partition coefficient (Wildman–Crippen LogP) is 2.80. The summed E-state index contributed by atoms with van der Waals surface area (Å²) in [5.74, 6) is 1.69. The molecule has 0 amide bonds. The van der Waals surface area contributed by atoms with Gasteiger partial charge in [0.1, 0.15) is 11.9 Å². The van der Waals surface area contributed by atoms with Crippen LogP contribution in [-0.2, 0) is 15.9 Å². The van der Waals surface area contributed by atoms with Gasteiger partial charge in [-0.3, -0.25) is 5.10 Å². The summed E-state index contributed by atoms with van der Waals surface area (Å²) >= 11 is 0.